The van der Waals surface area contributed by atoms with Crippen LogP contribution >= 0.6 is 0 Å². The second kappa shape index (κ2) is 9.00. The van der Waals surface area contributed by atoms with Gasteiger partial charge in [-0.05, 0) is 46.5 Å². The lowest BCUT2D eigenvalue weighted by atomic mass is 10.1. The number of likely N-dealkylation sites (N-methyl/N-ethyl adjacent to an activating group) is 2. The van der Waals surface area contributed by atoms with Gasteiger partial charge in [-0.2, -0.15) is 0 Å². The Balaban J connectivity index is 2.83. The number of rotatable bonds is 9. The Labute approximate surface area is 130 Å². The molecule has 0 fully saturated rings. The summed E-state index contributed by atoms with van der Waals surface area (Å²) in [7, 11) is 4.24. The predicted molar refractivity (Wildman–Crippen MR) is 91.8 cm³/mol. The van der Waals surface area contributed by atoms with Crippen molar-refractivity contribution in [3.63, 3.8) is 0 Å². The zero-order valence-electron chi connectivity index (χ0n) is 14.6. The third-order valence-electron chi connectivity index (χ3n) is 3.51. The van der Waals surface area contributed by atoms with Crippen molar-refractivity contribution in [2.24, 2.45) is 5.92 Å². The fourth-order valence-corrected chi connectivity index (χ4v) is 2.62. The average molecular weight is 292 g/mol. The average Bonchev–Trinajstić information content (AvgIpc) is 2.40. The molecule has 1 aromatic heterocycles. The van der Waals surface area contributed by atoms with E-state index in [-0.39, 0.29) is 0 Å². The van der Waals surface area contributed by atoms with Gasteiger partial charge in [0.2, 0.25) is 0 Å². The first kappa shape index (κ1) is 17.9. The molecule has 0 bridgehead atoms. The Morgan fingerprint density at radius 2 is 1.95 bits per heavy atom. The number of hydrogen-bond donors (Lipinski definition) is 1. The van der Waals surface area contributed by atoms with Gasteiger partial charge in [0.1, 0.15) is 5.82 Å². The molecule has 120 valence electrons. The number of nitrogens with zero attached hydrogens (tertiary/aromatic N) is 3. The van der Waals surface area contributed by atoms with Crippen LogP contribution in [-0.4, -0.2) is 49.7 Å². The van der Waals surface area contributed by atoms with Crippen molar-refractivity contribution in [1.29, 1.82) is 0 Å². The molecule has 0 aliphatic carbocycles. The summed E-state index contributed by atoms with van der Waals surface area (Å²) in [5.74, 6) is 1.78. The van der Waals surface area contributed by atoms with E-state index in [1.165, 1.54) is 5.56 Å². The molecule has 1 N–H and O–H groups in total. The van der Waals surface area contributed by atoms with Gasteiger partial charge in [0.15, 0.2) is 0 Å². The second-order valence-electron chi connectivity index (χ2n) is 6.41. The molecule has 4 nitrogen and oxygen atoms in total. The molecule has 0 amide bonds. The Morgan fingerprint density at radius 3 is 2.52 bits per heavy atom. The van der Waals surface area contributed by atoms with Gasteiger partial charge in [-0.25, -0.2) is 4.98 Å². The SMILES string of the molecule is CCN(c1ncccc1CNCC(C)C)C(C)CN(C)C. The highest BCUT2D eigenvalue weighted by atomic mass is 15.2. The Morgan fingerprint density at radius 1 is 1.24 bits per heavy atom. The molecule has 0 saturated carbocycles. The summed E-state index contributed by atoms with van der Waals surface area (Å²) in [4.78, 5) is 9.27. The minimum atomic E-state index is 0.448. The van der Waals surface area contributed by atoms with E-state index in [1.54, 1.807) is 0 Å². The molecule has 4 heteroatoms. The van der Waals surface area contributed by atoms with Crippen LogP contribution in [0.25, 0.3) is 0 Å². The van der Waals surface area contributed by atoms with Crippen LogP contribution in [0, 0.1) is 5.92 Å². The van der Waals surface area contributed by atoms with Crippen LogP contribution in [-0.2, 0) is 6.54 Å². The van der Waals surface area contributed by atoms with Crippen LogP contribution in [0.15, 0.2) is 18.3 Å². The van der Waals surface area contributed by atoms with E-state index in [0.29, 0.717) is 12.0 Å². The van der Waals surface area contributed by atoms with E-state index in [2.05, 4.69) is 68.0 Å². The molecule has 21 heavy (non-hydrogen) atoms. The third kappa shape index (κ3) is 6.02. The molecule has 1 unspecified atom stereocenters. The van der Waals surface area contributed by atoms with E-state index in [9.17, 15) is 0 Å². The van der Waals surface area contributed by atoms with Crippen molar-refractivity contribution in [3.05, 3.63) is 23.9 Å². The van der Waals surface area contributed by atoms with Crippen molar-refractivity contribution in [1.82, 2.24) is 15.2 Å². The van der Waals surface area contributed by atoms with E-state index < -0.39 is 0 Å². The second-order valence-corrected chi connectivity index (χ2v) is 6.41. The molecular weight excluding hydrogens is 260 g/mol. The number of anilines is 1. The molecule has 0 spiro atoms. The molecule has 0 aliphatic rings. The summed E-state index contributed by atoms with van der Waals surface area (Å²) in [5, 5.41) is 3.52. The minimum Gasteiger partial charge on any atom is -0.353 e. The maximum atomic E-state index is 4.64. The van der Waals surface area contributed by atoms with E-state index >= 15 is 0 Å². The minimum absolute atomic E-state index is 0.448. The monoisotopic (exact) mass is 292 g/mol. The highest BCUT2D eigenvalue weighted by Crippen LogP contribution is 2.19. The standard InChI is InChI=1S/C17H32N4/c1-7-21(15(4)13-20(5)6)17-16(9-8-10-19-17)12-18-11-14(2)3/h8-10,14-15,18H,7,11-13H2,1-6H3. The fourth-order valence-electron chi connectivity index (χ4n) is 2.62. The summed E-state index contributed by atoms with van der Waals surface area (Å²) < 4.78 is 0. The number of pyridine rings is 1. The van der Waals surface area contributed by atoms with Crippen LogP contribution in [0.1, 0.15) is 33.3 Å². The van der Waals surface area contributed by atoms with Gasteiger partial charge in [-0.15, -0.1) is 0 Å². The zero-order chi connectivity index (χ0) is 15.8. The van der Waals surface area contributed by atoms with Crippen LogP contribution < -0.4 is 10.2 Å². The highest BCUT2D eigenvalue weighted by Gasteiger charge is 2.17. The zero-order valence-corrected chi connectivity index (χ0v) is 14.6. The van der Waals surface area contributed by atoms with Gasteiger partial charge < -0.3 is 15.1 Å². The summed E-state index contributed by atoms with van der Waals surface area (Å²) in [6.07, 6.45) is 1.90. The van der Waals surface area contributed by atoms with Gasteiger partial charge in [-0.3, -0.25) is 0 Å². The largest absolute Gasteiger partial charge is 0.353 e. The lowest BCUT2D eigenvalue weighted by Gasteiger charge is -2.32. The maximum Gasteiger partial charge on any atom is 0.133 e. The topological polar surface area (TPSA) is 31.4 Å². The molecule has 0 aliphatic heterocycles. The molecule has 1 heterocycles. The first-order valence-corrected chi connectivity index (χ1v) is 8.01. The van der Waals surface area contributed by atoms with Crippen molar-refractivity contribution in [2.45, 2.75) is 40.3 Å². The first-order valence-electron chi connectivity index (χ1n) is 8.01. The van der Waals surface area contributed by atoms with Crippen LogP contribution in [0.4, 0.5) is 5.82 Å². The van der Waals surface area contributed by atoms with Crippen LogP contribution in [0.2, 0.25) is 0 Å². The molecular formula is C17H32N4. The summed E-state index contributed by atoms with van der Waals surface area (Å²) in [6.45, 7) is 12.9. The summed E-state index contributed by atoms with van der Waals surface area (Å²) in [6, 6.07) is 4.66. The lowest BCUT2D eigenvalue weighted by Crippen LogP contribution is -2.41. The number of nitrogens with one attached hydrogen (secondary N) is 1. The number of aromatic nitrogens is 1. The van der Waals surface area contributed by atoms with Crippen LogP contribution in [0.5, 0.6) is 0 Å². The lowest BCUT2D eigenvalue weighted by molar-refractivity contribution is 0.372. The third-order valence-corrected chi connectivity index (χ3v) is 3.51. The highest BCUT2D eigenvalue weighted by molar-refractivity contribution is 5.47. The molecule has 0 saturated heterocycles. The van der Waals surface area contributed by atoms with Gasteiger partial charge >= 0.3 is 0 Å². The molecule has 0 radical (unpaired) electrons. The molecule has 1 rings (SSSR count). The van der Waals surface area contributed by atoms with Crippen molar-refractivity contribution < 1.29 is 0 Å². The van der Waals surface area contributed by atoms with E-state index in [1.807, 2.05) is 12.3 Å². The Bertz CT molecular complexity index is 404. The molecule has 1 aromatic rings. The Kier molecular flexibility index (Phi) is 7.68. The number of hydrogen-bond acceptors (Lipinski definition) is 4. The summed E-state index contributed by atoms with van der Waals surface area (Å²) in [5.41, 5.74) is 1.28. The predicted octanol–water partition coefficient (Wildman–Crippen LogP) is 2.60. The summed E-state index contributed by atoms with van der Waals surface area (Å²) >= 11 is 0. The fraction of sp³-hybridized carbons (Fsp3) is 0.706. The van der Waals surface area contributed by atoms with E-state index in [0.717, 1.165) is 32.0 Å². The van der Waals surface area contributed by atoms with Crippen LogP contribution in [0.3, 0.4) is 0 Å². The maximum absolute atomic E-state index is 4.64. The van der Waals surface area contributed by atoms with Gasteiger partial charge in [0.05, 0.1) is 0 Å². The Hall–Kier alpha value is -1.13. The van der Waals surface area contributed by atoms with Gasteiger partial charge in [0, 0.05) is 37.4 Å². The van der Waals surface area contributed by atoms with Crippen molar-refractivity contribution in [3.8, 4) is 0 Å². The molecule has 0 aromatic carbocycles. The quantitative estimate of drug-likeness (QED) is 0.758. The normalized spacial score (nSPS) is 13.0. The molecule has 1 atom stereocenters. The first-order chi connectivity index (χ1) is 9.95. The van der Waals surface area contributed by atoms with Gasteiger partial charge in [-0.1, -0.05) is 19.9 Å². The smallest absolute Gasteiger partial charge is 0.133 e. The van der Waals surface area contributed by atoms with Gasteiger partial charge in [0.25, 0.3) is 0 Å². The van der Waals surface area contributed by atoms with Crippen molar-refractivity contribution >= 4 is 5.82 Å². The van der Waals surface area contributed by atoms with Crippen molar-refractivity contribution in [2.75, 3.05) is 38.6 Å². The van der Waals surface area contributed by atoms with E-state index in [4.69, 9.17) is 0 Å².